The first-order valence-electron chi connectivity index (χ1n) is 5.45. The number of sulfonamides is 1. The second kappa shape index (κ2) is 5.68. The van der Waals surface area contributed by atoms with Crippen LogP contribution in [-0.2, 0) is 10.0 Å². The van der Waals surface area contributed by atoms with Crippen LogP contribution in [0, 0.1) is 12.7 Å². The summed E-state index contributed by atoms with van der Waals surface area (Å²) in [5, 5.41) is 7.49. The molecule has 0 bridgehead atoms. The Balaban J connectivity index is 2.28. The van der Waals surface area contributed by atoms with Gasteiger partial charge in [0.05, 0.1) is 11.3 Å². The molecule has 0 radical (unpaired) electrons. The summed E-state index contributed by atoms with van der Waals surface area (Å²) in [5.74, 6) is -1.56. The normalized spacial score (nSPS) is 11.4. The van der Waals surface area contributed by atoms with E-state index in [1.807, 2.05) is 0 Å². The molecule has 0 aliphatic rings. The quantitative estimate of drug-likeness (QED) is 0.886. The van der Waals surface area contributed by atoms with Crippen molar-refractivity contribution in [2.45, 2.75) is 11.1 Å². The molecule has 112 valence electrons. The van der Waals surface area contributed by atoms with E-state index in [-0.39, 0.29) is 25.6 Å². The molecule has 1 aromatic carbocycles. The molecule has 0 unspecified atom stereocenters. The van der Waals surface area contributed by atoms with Gasteiger partial charge in [0.1, 0.15) is 5.82 Å². The number of thiazole rings is 1. The number of carbonyl (C=O) groups is 1. The first-order chi connectivity index (χ1) is 9.68. The molecule has 2 aromatic rings. The van der Waals surface area contributed by atoms with Gasteiger partial charge in [-0.05, 0) is 25.1 Å². The Kier molecular flexibility index (Phi) is 4.28. The standard InChI is InChI=1S/C11H9ClFN3O3S2/c1-5-10(21(14,18)19)20-11(15-5)16-9(17)7-3-2-6(12)4-8(7)13/h2-4H,1H3,(H2,14,18,19)(H,15,16,17). The number of aryl methyl sites for hydroxylation is 1. The van der Waals surface area contributed by atoms with E-state index in [1.165, 1.54) is 19.1 Å². The number of carbonyl (C=O) groups excluding carboxylic acids is 1. The molecule has 1 heterocycles. The predicted molar refractivity (Wildman–Crippen MR) is 77.6 cm³/mol. The maximum Gasteiger partial charge on any atom is 0.260 e. The summed E-state index contributed by atoms with van der Waals surface area (Å²) in [6.07, 6.45) is 0. The van der Waals surface area contributed by atoms with Crippen LogP contribution in [0.5, 0.6) is 0 Å². The molecule has 0 saturated heterocycles. The van der Waals surface area contributed by atoms with Crippen molar-refractivity contribution in [2.24, 2.45) is 5.14 Å². The van der Waals surface area contributed by atoms with Crippen LogP contribution >= 0.6 is 22.9 Å². The molecule has 1 amide bonds. The summed E-state index contributed by atoms with van der Waals surface area (Å²) < 4.78 is 36.0. The zero-order chi connectivity index (χ0) is 15.8. The summed E-state index contributed by atoms with van der Waals surface area (Å²) in [5.41, 5.74) is -0.0706. The van der Waals surface area contributed by atoms with E-state index in [0.717, 1.165) is 6.07 Å². The van der Waals surface area contributed by atoms with Gasteiger partial charge in [-0.2, -0.15) is 0 Å². The third-order valence-corrected chi connectivity index (χ3v) is 5.27. The number of hydrogen-bond acceptors (Lipinski definition) is 5. The van der Waals surface area contributed by atoms with Gasteiger partial charge in [-0.15, -0.1) is 0 Å². The number of benzene rings is 1. The zero-order valence-electron chi connectivity index (χ0n) is 10.6. The lowest BCUT2D eigenvalue weighted by molar-refractivity contribution is 0.102. The van der Waals surface area contributed by atoms with Crippen LogP contribution in [0.3, 0.4) is 0 Å². The lowest BCUT2D eigenvalue weighted by Gasteiger charge is -2.03. The molecule has 1 aromatic heterocycles. The summed E-state index contributed by atoms with van der Waals surface area (Å²) in [6, 6.07) is 3.58. The van der Waals surface area contributed by atoms with E-state index in [1.54, 1.807) is 0 Å². The summed E-state index contributed by atoms with van der Waals surface area (Å²) in [4.78, 5) is 15.8. The molecule has 3 N–H and O–H groups in total. The van der Waals surface area contributed by atoms with E-state index in [4.69, 9.17) is 16.7 Å². The average Bonchev–Trinajstić information content (AvgIpc) is 2.69. The van der Waals surface area contributed by atoms with Crippen LogP contribution in [0.1, 0.15) is 16.1 Å². The molecule has 21 heavy (non-hydrogen) atoms. The summed E-state index contributed by atoms with van der Waals surface area (Å²) in [7, 11) is -3.91. The lowest BCUT2D eigenvalue weighted by Crippen LogP contribution is -2.13. The molecule has 0 saturated carbocycles. The van der Waals surface area contributed by atoms with Crippen LogP contribution in [0.2, 0.25) is 5.02 Å². The minimum absolute atomic E-state index is 0.0101. The molecular formula is C11H9ClFN3O3S2. The second-order valence-electron chi connectivity index (χ2n) is 4.02. The SMILES string of the molecule is Cc1nc(NC(=O)c2ccc(Cl)cc2F)sc1S(N)(=O)=O. The van der Waals surface area contributed by atoms with Crippen molar-refractivity contribution < 1.29 is 17.6 Å². The molecule has 0 atom stereocenters. The van der Waals surface area contributed by atoms with E-state index in [2.05, 4.69) is 10.3 Å². The predicted octanol–water partition coefficient (Wildman–Crippen LogP) is 2.14. The number of nitrogens with one attached hydrogen (secondary N) is 1. The number of nitrogens with two attached hydrogens (primary N) is 1. The topological polar surface area (TPSA) is 102 Å². The van der Waals surface area contributed by atoms with Gasteiger partial charge in [-0.1, -0.05) is 22.9 Å². The maximum atomic E-state index is 13.6. The summed E-state index contributed by atoms with van der Waals surface area (Å²) >= 11 is 6.29. The van der Waals surface area contributed by atoms with Crippen LogP contribution in [0.25, 0.3) is 0 Å². The van der Waals surface area contributed by atoms with Crippen molar-refractivity contribution in [1.29, 1.82) is 0 Å². The largest absolute Gasteiger partial charge is 0.298 e. The highest BCUT2D eigenvalue weighted by atomic mass is 35.5. The fourth-order valence-corrected chi connectivity index (χ4v) is 3.55. The van der Waals surface area contributed by atoms with E-state index in [0.29, 0.717) is 11.3 Å². The van der Waals surface area contributed by atoms with Gasteiger partial charge in [-0.25, -0.2) is 22.9 Å². The molecule has 2 rings (SSSR count). The monoisotopic (exact) mass is 349 g/mol. The number of rotatable bonds is 3. The lowest BCUT2D eigenvalue weighted by atomic mass is 10.2. The van der Waals surface area contributed by atoms with Crippen molar-refractivity contribution >= 4 is 44.0 Å². The Labute approximate surface area is 128 Å². The van der Waals surface area contributed by atoms with Gasteiger partial charge >= 0.3 is 0 Å². The van der Waals surface area contributed by atoms with Crippen LogP contribution in [-0.4, -0.2) is 19.3 Å². The molecule has 10 heteroatoms. The number of anilines is 1. The molecule has 6 nitrogen and oxygen atoms in total. The van der Waals surface area contributed by atoms with Crippen molar-refractivity contribution in [3.8, 4) is 0 Å². The Hall–Kier alpha value is -1.55. The van der Waals surface area contributed by atoms with Crippen molar-refractivity contribution in [3.05, 3.63) is 40.3 Å². The minimum atomic E-state index is -3.91. The van der Waals surface area contributed by atoms with Crippen LogP contribution < -0.4 is 10.5 Å². The molecule has 0 aliphatic heterocycles. The van der Waals surface area contributed by atoms with Gasteiger partial charge in [0.25, 0.3) is 5.91 Å². The van der Waals surface area contributed by atoms with Crippen LogP contribution in [0.15, 0.2) is 22.4 Å². The van der Waals surface area contributed by atoms with E-state index >= 15 is 0 Å². The van der Waals surface area contributed by atoms with E-state index in [9.17, 15) is 17.6 Å². The Morgan fingerprint density at radius 1 is 1.48 bits per heavy atom. The third-order valence-electron chi connectivity index (χ3n) is 2.41. The van der Waals surface area contributed by atoms with Gasteiger partial charge < -0.3 is 0 Å². The van der Waals surface area contributed by atoms with Crippen molar-refractivity contribution in [3.63, 3.8) is 0 Å². The number of halogens is 2. The Morgan fingerprint density at radius 3 is 2.67 bits per heavy atom. The van der Waals surface area contributed by atoms with E-state index < -0.39 is 21.7 Å². The molecule has 0 spiro atoms. The molecule has 0 fully saturated rings. The number of primary sulfonamides is 1. The third kappa shape index (κ3) is 3.56. The maximum absolute atomic E-state index is 13.6. The van der Waals surface area contributed by atoms with Gasteiger partial charge in [0.15, 0.2) is 9.34 Å². The second-order valence-corrected chi connectivity index (χ2v) is 7.21. The number of aromatic nitrogens is 1. The van der Waals surface area contributed by atoms with Crippen molar-refractivity contribution in [1.82, 2.24) is 4.98 Å². The number of amides is 1. The number of hydrogen-bond donors (Lipinski definition) is 2. The molecular weight excluding hydrogens is 341 g/mol. The Morgan fingerprint density at radius 2 is 2.14 bits per heavy atom. The minimum Gasteiger partial charge on any atom is -0.298 e. The number of nitrogens with zero attached hydrogens (tertiary/aromatic N) is 1. The smallest absolute Gasteiger partial charge is 0.260 e. The summed E-state index contributed by atoms with van der Waals surface area (Å²) in [6.45, 7) is 1.44. The Bertz CT molecular complexity index is 820. The fraction of sp³-hybridized carbons (Fsp3) is 0.0909. The van der Waals surface area contributed by atoms with Gasteiger partial charge in [-0.3, -0.25) is 10.1 Å². The highest BCUT2D eigenvalue weighted by molar-refractivity contribution is 7.91. The molecule has 0 aliphatic carbocycles. The first-order valence-corrected chi connectivity index (χ1v) is 8.19. The zero-order valence-corrected chi connectivity index (χ0v) is 12.9. The first kappa shape index (κ1) is 15.8. The van der Waals surface area contributed by atoms with Crippen LogP contribution in [0.4, 0.5) is 9.52 Å². The fourth-order valence-electron chi connectivity index (χ4n) is 1.54. The average molecular weight is 350 g/mol. The van der Waals surface area contributed by atoms with Gasteiger partial charge in [0.2, 0.25) is 10.0 Å². The van der Waals surface area contributed by atoms with Gasteiger partial charge in [0, 0.05) is 5.02 Å². The highest BCUT2D eigenvalue weighted by Gasteiger charge is 2.20. The van der Waals surface area contributed by atoms with Crippen molar-refractivity contribution in [2.75, 3.05) is 5.32 Å². The highest BCUT2D eigenvalue weighted by Crippen LogP contribution is 2.26.